The van der Waals surface area contributed by atoms with E-state index in [0.717, 1.165) is 47.7 Å². The van der Waals surface area contributed by atoms with E-state index in [4.69, 9.17) is 18.7 Å². The van der Waals surface area contributed by atoms with E-state index in [1.165, 1.54) is 80.1 Å². The van der Waals surface area contributed by atoms with E-state index >= 15 is 0 Å². The van der Waals surface area contributed by atoms with Gasteiger partial charge in [0.25, 0.3) is 11.8 Å². The Morgan fingerprint density at radius 2 is 1.07 bits per heavy atom. The fraction of sp³-hybridized carbons (Fsp3) is 0.353. The number of alkyl halides is 9. The molecule has 80 heavy (non-hydrogen) atoms. The van der Waals surface area contributed by atoms with E-state index < -0.39 is 24.9 Å². The number of aryl methyl sites for hydroxylation is 2. The Bertz CT molecular complexity index is 3260. The highest BCUT2D eigenvalue weighted by atomic mass is 79.9. The van der Waals surface area contributed by atoms with Crippen molar-refractivity contribution in [2.75, 3.05) is 51.2 Å². The van der Waals surface area contributed by atoms with Crippen LogP contribution >= 0.6 is 15.9 Å². The number of hydrogen-bond acceptors (Lipinski definition) is 17. The van der Waals surface area contributed by atoms with Crippen molar-refractivity contribution in [1.82, 2.24) is 60.1 Å². The van der Waals surface area contributed by atoms with Gasteiger partial charge in [-0.25, -0.2) is 19.3 Å². The summed E-state index contributed by atoms with van der Waals surface area (Å²) in [6.45, 7) is 13.9. The number of nitrogens with one attached hydrogen (secondary N) is 1. The zero-order valence-electron chi connectivity index (χ0n) is 43.0. The van der Waals surface area contributed by atoms with Crippen LogP contribution in [0, 0.1) is 19.8 Å². The zero-order valence-corrected chi connectivity index (χ0v) is 44.6. The highest BCUT2D eigenvalue weighted by Gasteiger charge is 2.32. The van der Waals surface area contributed by atoms with Gasteiger partial charge in [0.1, 0.15) is 29.1 Å². The van der Waals surface area contributed by atoms with E-state index in [2.05, 4.69) is 119 Å². The lowest BCUT2D eigenvalue weighted by molar-refractivity contribution is -0.344. The van der Waals surface area contributed by atoms with Crippen LogP contribution in [0.2, 0.25) is 0 Å². The zero-order chi connectivity index (χ0) is 57.8. The molecule has 0 saturated carbocycles. The Morgan fingerprint density at radius 1 is 0.650 bits per heavy atom. The molecule has 29 heteroatoms. The first-order chi connectivity index (χ1) is 37.8. The van der Waals surface area contributed by atoms with Crippen LogP contribution in [0.5, 0.6) is 11.5 Å². The molecule has 10 rings (SSSR count). The third kappa shape index (κ3) is 18.1. The predicted octanol–water partition coefficient (Wildman–Crippen LogP) is 9.32. The molecule has 2 fully saturated rings. The summed E-state index contributed by atoms with van der Waals surface area (Å²) < 4.78 is 129. The Labute approximate surface area is 458 Å². The summed E-state index contributed by atoms with van der Waals surface area (Å²) in [6.07, 6.45) is -12.3. The number of rotatable bonds is 11. The maximum Gasteiger partial charge on any atom is 0.573 e. The number of likely N-dealkylation sites (N-methyl/N-ethyl adjacent to an activating group) is 1. The van der Waals surface area contributed by atoms with Gasteiger partial charge in [-0.1, -0.05) is 47.1 Å². The monoisotopic (exact) mass is 1190 g/mol. The minimum atomic E-state index is -5.19. The third-order valence-corrected chi connectivity index (χ3v) is 12.3. The van der Waals surface area contributed by atoms with Crippen LogP contribution in [0.25, 0.3) is 46.3 Å². The number of hydrogen-bond donors (Lipinski definition) is 1. The number of carboxylic acids is 1. The normalized spacial score (nSPS) is 14.2. The van der Waals surface area contributed by atoms with Gasteiger partial charge in [0.15, 0.2) is 0 Å². The van der Waals surface area contributed by atoms with Crippen molar-refractivity contribution in [3.05, 3.63) is 124 Å². The second-order valence-electron chi connectivity index (χ2n) is 18.1. The Hall–Kier alpha value is -7.92. The maximum atomic E-state index is 12.4. The number of aliphatic carboxylic acids is 1. The van der Waals surface area contributed by atoms with Crippen LogP contribution in [0.1, 0.15) is 42.5 Å². The second kappa shape index (κ2) is 26.4. The van der Waals surface area contributed by atoms with Gasteiger partial charge in [0, 0.05) is 60.6 Å². The first-order valence-electron chi connectivity index (χ1n) is 24.3. The van der Waals surface area contributed by atoms with E-state index in [1.807, 2.05) is 38.1 Å². The SMILES string of the molecule is CN1CCNCC1.Cc1nc(-c2nnc(-c3ccc(OC(F)(F)F)cc3)o2)nn1Cc1cccc(Br)c1.Cc1nc(-c2nnc(-c3ccc(OC(F)(F)F)cc3)o2)nn1Cc1cccc(N2CCC(C)CC2)c1.O=C([O-])C(F)(F)F. The van der Waals surface area contributed by atoms with Crippen LogP contribution in [-0.4, -0.2) is 126 Å². The van der Waals surface area contributed by atoms with Gasteiger partial charge in [-0.15, -0.1) is 56.9 Å². The molecule has 0 spiro atoms. The van der Waals surface area contributed by atoms with Crippen molar-refractivity contribution in [2.24, 2.45) is 5.92 Å². The largest absolute Gasteiger partial charge is 0.573 e. The summed E-state index contributed by atoms with van der Waals surface area (Å²) in [4.78, 5) is 22.4. The molecular formula is C51H50BrF9N13O6-. The quantitative estimate of drug-likeness (QED) is 0.119. The summed E-state index contributed by atoms with van der Waals surface area (Å²) >= 11 is 3.44. The van der Waals surface area contributed by atoms with Crippen molar-refractivity contribution < 1.29 is 67.7 Å². The molecule has 0 unspecified atom stereocenters. The second-order valence-corrected chi connectivity index (χ2v) is 19.0. The van der Waals surface area contributed by atoms with Gasteiger partial charge in [0.2, 0.25) is 23.4 Å². The minimum Gasteiger partial charge on any atom is -0.542 e. The lowest BCUT2D eigenvalue weighted by Gasteiger charge is -2.32. The van der Waals surface area contributed by atoms with Crippen LogP contribution in [0.4, 0.5) is 45.2 Å². The van der Waals surface area contributed by atoms with Crippen molar-refractivity contribution in [2.45, 2.75) is 65.6 Å². The van der Waals surface area contributed by atoms with Gasteiger partial charge < -0.3 is 43.3 Å². The highest BCUT2D eigenvalue weighted by Crippen LogP contribution is 2.30. The number of carbonyl (C=O) groups excluding carboxylic acids is 1. The molecule has 1 N–H and O–H groups in total. The predicted molar refractivity (Wildman–Crippen MR) is 271 cm³/mol. The maximum absolute atomic E-state index is 12.4. The van der Waals surface area contributed by atoms with Gasteiger partial charge >= 0.3 is 18.9 Å². The smallest absolute Gasteiger partial charge is 0.542 e. The molecule has 19 nitrogen and oxygen atoms in total. The van der Waals surface area contributed by atoms with E-state index in [1.54, 1.807) is 9.36 Å². The van der Waals surface area contributed by atoms with E-state index in [-0.39, 0.29) is 46.7 Å². The number of ether oxygens (including phenoxy) is 2. The Balaban J connectivity index is 0.000000188. The lowest BCUT2D eigenvalue weighted by atomic mass is 9.98. The number of carboxylic acid groups (broad SMARTS) is 1. The van der Waals surface area contributed by atoms with E-state index in [0.29, 0.717) is 35.9 Å². The van der Waals surface area contributed by atoms with Crippen molar-refractivity contribution >= 4 is 27.6 Å². The van der Waals surface area contributed by atoms with Crippen molar-refractivity contribution in [3.8, 4) is 57.8 Å². The molecule has 0 amide bonds. The lowest BCUT2D eigenvalue weighted by Crippen LogP contribution is -2.40. The molecule has 0 radical (unpaired) electrons. The topological polar surface area (TPSA) is 216 Å². The van der Waals surface area contributed by atoms with Gasteiger partial charge in [-0.3, -0.25) is 0 Å². The average Bonchev–Trinajstić information content (AvgIpc) is 4.28. The summed E-state index contributed by atoms with van der Waals surface area (Å²) in [7, 11) is 2.15. The summed E-state index contributed by atoms with van der Waals surface area (Å²) in [5.74, 6) is -0.505. The first-order valence-corrected chi connectivity index (χ1v) is 25.1. The number of aromatic nitrogens is 10. The number of halogens is 10. The standard InChI is InChI=1S/C25H25F3N6O2.C19H13BrF3N5O2.C5H12N2.C2HF3O2/c1-16-10-12-33(13-11-16)20-5-3-4-18(14-20)15-34-17(2)29-22(32-34)24-31-30-23(35-24)19-6-8-21(9-7-19)36-25(26,27)28;1-11-24-16(27-28(11)10-12-3-2-4-14(20)9-12)18-26-25-17(29-18)13-5-7-15(8-6-13)30-19(21,22)23;1-7-4-2-6-3-5-7;3-2(4,5)1(6)7/h3-9,14,16H,10-13,15H2,1-2H3;2-9H,10H2,1H3;6H,2-5H2,1H3;(H,6,7)/p-1. The summed E-state index contributed by atoms with van der Waals surface area (Å²) in [5, 5.41) is 36.9. The molecule has 2 aliphatic rings. The van der Waals surface area contributed by atoms with Crippen LogP contribution in [0.15, 0.2) is 110 Å². The van der Waals surface area contributed by atoms with Crippen LogP contribution in [0.3, 0.4) is 0 Å². The minimum absolute atomic E-state index is 0.108. The fourth-order valence-corrected chi connectivity index (χ4v) is 8.10. The molecule has 4 aromatic carbocycles. The fourth-order valence-electron chi connectivity index (χ4n) is 7.66. The molecule has 426 valence electrons. The molecule has 0 bridgehead atoms. The molecule has 0 aliphatic carbocycles. The molecule has 0 atom stereocenters. The van der Waals surface area contributed by atoms with Gasteiger partial charge in [-0.2, -0.15) is 13.2 Å². The Kier molecular flexibility index (Phi) is 19.7. The van der Waals surface area contributed by atoms with E-state index in [9.17, 15) is 39.5 Å². The summed E-state index contributed by atoms with van der Waals surface area (Å²) in [5.41, 5.74) is 4.25. The molecule has 2 aliphatic heterocycles. The third-order valence-electron chi connectivity index (χ3n) is 11.8. The molecular weight excluding hydrogens is 1140 g/mol. The Morgan fingerprint density at radius 3 is 1.48 bits per heavy atom. The number of benzene rings is 4. The number of piperidine rings is 1. The molecule has 4 aromatic heterocycles. The number of nitrogens with zero attached hydrogens (tertiary/aromatic N) is 12. The van der Waals surface area contributed by atoms with Gasteiger partial charge in [-0.05, 0) is 124 Å². The van der Waals surface area contributed by atoms with Crippen molar-refractivity contribution in [3.63, 3.8) is 0 Å². The number of carbonyl (C=O) groups is 1. The number of anilines is 1. The van der Waals surface area contributed by atoms with Crippen LogP contribution in [-0.2, 0) is 17.9 Å². The van der Waals surface area contributed by atoms with Crippen LogP contribution < -0.4 is 24.8 Å². The molecule has 2 saturated heterocycles. The molecule has 6 heterocycles. The molecule has 8 aromatic rings. The van der Waals surface area contributed by atoms with Crippen molar-refractivity contribution in [1.29, 1.82) is 0 Å². The highest BCUT2D eigenvalue weighted by molar-refractivity contribution is 9.10. The number of piperazine rings is 1. The summed E-state index contributed by atoms with van der Waals surface area (Å²) in [6, 6.07) is 26.6. The first kappa shape index (κ1) is 59.7. The average molecular weight is 1190 g/mol. The van der Waals surface area contributed by atoms with Gasteiger partial charge in [0.05, 0.1) is 13.1 Å².